The van der Waals surface area contributed by atoms with E-state index in [2.05, 4.69) is 48.6 Å². The first-order valence-electron chi connectivity index (χ1n) is 10.7. The maximum Gasteiger partial charge on any atom is 0.263 e. The number of fused-ring (bicyclic) bond motifs is 2. The van der Waals surface area contributed by atoms with Crippen molar-refractivity contribution < 1.29 is 4.79 Å². The molecule has 2 heterocycles. The van der Waals surface area contributed by atoms with E-state index >= 15 is 0 Å². The Morgan fingerprint density at radius 3 is 2.71 bits per heavy atom. The summed E-state index contributed by atoms with van der Waals surface area (Å²) in [6.07, 6.45) is 3.02. The van der Waals surface area contributed by atoms with Gasteiger partial charge in [-0.05, 0) is 54.9 Å². The van der Waals surface area contributed by atoms with Crippen LogP contribution in [0.2, 0.25) is 0 Å². The Labute approximate surface area is 186 Å². The summed E-state index contributed by atoms with van der Waals surface area (Å²) < 4.78 is 0. The number of rotatable bonds is 4. The zero-order valence-electron chi connectivity index (χ0n) is 17.5. The standard InChI is InChI=1S/C26H25N3OS/c1-16-7-9-17(10-8-16)15-28-25(30)24-23(27)21-14-20-13-19(18-5-3-2-4-6-18)11-12-22(20)29-26(21)31-24/h2-10,14,19H,11-13,15,27H2,1H3,(H,28,30). The fourth-order valence-corrected chi connectivity index (χ4v) is 5.35. The molecule has 4 nitrogen and oxygen atoms in total. The lowest BCUT2D eigenvalue weighted by Crippen LogP contribution is -2.22. The van der Waals surface area contributed by atoms with E-state index in [4.69, 9.17) is 10.7 Å². The molecule has 3 N–H and O–H groups in total. The van der Waals surface area contributed by atoms with Crippen LogP contribution in [0, 0.1) is 6.92 Å². The fraction of sp³-hybridized carbons (Fsp3) is 0.231. The molecule has 0 bridgehead atoms. The summed E-state index contributed by atoms with van der Waals surface area (Å²) in [6, 6.07) is 21.0. The van der Waals surface area contributed by atoms with E-state index in [0.717, 1.165) is 40.7 Å². The Kier molecular flexibility index (Phi) is 5.20. The average Bonchev–Trinajstić information content (AvgIpc) is 3.12. The van der Waals surface area contributed by atoms with Crippen LogP contribution in [0.3, 0.4) is 0 Å². The first-order valence-corrected chi connectivity index (χ1v) is 11.5. The number of aryl methyl sites for hydroxylation is 2. The van der Waals surface area contributed by atoms with Gasteiger partial charge in [0.1, 0.15) is 9.71 Å². The van der Waals surface area contributed by atoms with Gasteiger partial charge < -0.3 is 11.1 Å². The lowest BCUT2D eigenvalue weighted by Gasteiger charge is -2.24. The fourth-order valence-electron chi connectivity index (χ4n) is 4.34. The lowest BCUT2D eigenvalue weighted by atomic mass is 9.82. The van der Waals surface area contributed by atoms with E-state index in [1.54, 1.807) is 0 Å². The SMILES string of the molecule is Cc1ccc(CNC(=O)c2sc3nc4c(cc3c2N)CC(c2ccccc2)CC4)cc1. The molecular formula is C26H25N3OS. The summed E-state index contributed by atoms with van der Waals surface area (Å²) in [5.41, 5.74) is 13.0. The number of carbonyl (C=O) groups excluding carboxylic acids is 1. The normalized spacial score (nSPS) is 15.6. The number of anilines is 1. The van der Waals surface area contributed by atoms with Crippen LogP contribution in [0.25, 0.3) is 10.2 Å². The first-order chi connectivity index (χ1) is 15.1. The lowest BCUT2D eigenvalue weighted by molar-refractivity contribution is 0.0956. The van der Waals surface area contributed by atoms with Crippen molar-refractivity contribution in [3.8, 4) is 0 Å². The van der Waals surface area contributed by atoms with Gasteiger partial charge in [0, 0.05) is 17.6 Å². The molecule has 156 valence electrons. The summed E-state index contributed by atoms with van der Waals surface area (Å²) in [5, 5.41) is 3.90. The van der Waals surface area contributed by atoms with Crippen LogP contribution >= 0.6 is 11.3 Å². The second-order valence-electron chi connectivity index (χ2n) is 8.31. The molecule has 1 atom stereocenters. The maximum absolute atomic E-state index is 12.8. The van der Waals surface area contributed by atoms with E-state index in [1.807, 2.05) is 24.3 Å². The summed E-state index contributed by atoms with van der Waals surface area (Å²) in [6.45, 7) is 2.53. The van der Waals surface area contributed by atoms with E-state index in [0.29, 0.717) is 23.0 Å². The van der Waals surface area contributed by atoms with Crippen LogP contribution in [0.4, 0.5) is 5.69 Å². The minimum Gasteiger partial charge on any atom is -0.397 e. The number of hydrogen-bond donors (Lipinski definition) is 2. The number of amides is 1. The molecule has 0 saturated carbocycles. The van der Waals surface area contributed by atoms with Gasteiger partial charge in [0.15, 0.2) is 0 Å². The summed E-state index contributed by atoms with van der Waals surface area (Å²) >= 11 is 1.39. The number of thiophene rings is 1. The van der Waals surface area contributed by atoms with Gasteiger partial charge in [0.2, 0.25) is 0 Å². The third-order valence-corrected chi connectivity index (χ3v) is 7.25. The van der Waals surface area contributed by atoms with Crippen molar-refractivity contribution in [3.05, 3.63) is 93.5 Å². The van der Waals surface area contributed by atoms with Crippen molar-refractivity contribution >= 4 is 33.1 Å². The molecular weight excluding hydrogens is 402 g/mol. The molecule has 1 unspecified atom stereocenters. The van der Waals surface area contributed by atoms with Crippen LogP contribution < -0.4 is 11.1 Å². The molecule has 0 radical (unpaired) electrons. The van der Waals surface area contributed by atoms with Crippen molar-refractivity contribution in [2.75, 3.05) is 5.73 Å². The molecule has 2 aromatic heterocycles. The summed E-state index contributed by atoms with van der Waals surface area (Å²) in [5.74, 6) is 0.367. The molecule has 0 spiro atoms. The van der Waals surface area contributed by atoms with Crippen molar-refractivity contribution in [2.45, 2.75) is 38.6 Å². The topological polar surface area (TPSA) is 68.0 Å². The van der Waals surface area contributed by atoms with Crippen molar-refractivity contribution in [3.63, 3.8) is 0 Å². The Balaban J connectivity index is 1.38. The largest absolute Gasteiger partial charge is 0.397 e. The molecule has 0 saturated heterocycles. The predicted molar refractivity (Wildman–Crippen MR) is 128 cm³/mol. The van der Waals surface area contributed by atoms with Crippen molar-refractivity contribution in [2.24, 2.45) is 0 Å². The number of nitrogens with one attached hydrogen (secondary N) is 1. The quantitative estimate of drug-likeness (QED) is 0.459. The van der Waals surface area contributed by atoms with Gasteiger partial charge in [-0.15, -0.1) is 11.3 Å². The van der Waals surface area contributed by atoms with Crippen LogP contribution in [-0.2, 0) is 19.4 Å². The molecule has 5 heteroatoms. The van der Waals surface area contributed by atoms with Crippen LogP contribution in [-0.4, -0.2) is 10.9 Å². The van der Waals surface area contributed by atoms with E-state index < -0.39 is 0 Å². The molecule has 5 rings (SSSR count). The highest BCUT2D eigenvalue weighted by Gasteiger charge is 2.24. The molecule has 31 heavy (non-hydrogen) atoms. The zero-order chi connectivity index (χ0) is 21.4. The predicted octanol–water partition coefficient (Wildman–Crippen LogP) is 5.39. The molecule has 0 aliphatic heterocycles. The highest BCUT2D eigenvalue weighted by Crippen LogP contribution is 2.38. The summed E-state index contributed by atoms with van der Waals surface area (Å²) in [4.78, 5) is 19.1. The van der Waals surface area contributed by atoms with Gasteiger partial charge >= 0.3 is 0 Å². The molecule has 0 fully saturated rings. The smallest absolute Gasteiger partial charge is 0.263 e. The second-order valence-corrected chi connectivity index (χ2v) is 9.31. The van der Waals surface area contributed by atoms with Gasteiger partial charge in [-0.3, -0.25) is 4.79 Å². The van der Waals surface area contributed by atoms with Gasteiger partial charge in [-0.1, -0.05) is 60.2 Å². The molecule has 2 aromatic carbocycles. The Bertz CT molecular complexity index is 1250. The minimum atomic E-state index is -0.138. The number of nitrogen functional groups attached to an aromatic ring is 1. The number of nitrogens with zero attached hydrogens (tertiary/aromatic N) is 1. The second kappa shape index (κ2) is 8.16. The highest BCUT2D eigenvalue weighted by atomic mass is 32.1. The van der Waals surface area contributed by atoms with Gasteiger partial charge in [-0.2, -0.15) is 0 Å². The number of carbonyl (C=O) groups is 1. The number of aromatic nitrogens is 1. The Hall–Kier alpha value is -3.18. The van der Waals surface area contributed by atoms with E-state index in [-0.39, 0.29) is 5.91 Å². The van der Waals surface area contributed by atoms with Crippen LogP contribution in [0.15, 0.2) is 60.7 Å². The molecule has 1 aliphatic rings. The zero-order valence-corrected chi connectivity index (χ0v) is 18.3. The number of benzene rings is 2. The van der Waals surface area contributed by atoms with Gasteiger partial charge in [0.25, 0.3) is 5.91 Å². The molecule has 1 amide bonds. The monoisotopic (exact) mass is 427 g/mol. The first kappa shape index (κ1) is 19.8. The third-order valence-electron chi connectivity index (χ3n) is 6.14. The number of pyridine rings is 1. The van der Waals surface area contributed by atoms with Crippen molar-refractivity contribution in [1.29, 1.82) is 0 Å². The Morgan fingerprint density at radius 2 is 1.94 bits per heavy atom. The highest BCUT2D eigenvalue weighted by molar-refractivity contribution is 7.21. The third kappa shape index (κ3) is 3.93. The molecule has 1 aliphatic carbocycles. The van der Waals surface area contributed by atoms with E-state index in [1.165, 1.54) is 28.0 Å². The number of nitrogens with two attached hydrogens (primary N) is 1. The summed E-state index contributed by atoms with van der Waals surface area (Å²) in [7, 11) is 0. The maximum atomic E-state index is 12.8. The van der Waals surface area contributed by atoms with Crippen LogP contribution in [0.5, 0.6) is 0 Å². The minimum absolute atomic E-state index is 0.138. The Morgan fingerprint density at radius 1 is 1.16 bits per heavy atom. The van der Waals surface area contributed by atoms with Gasteiger partial charge in [0.05, 0.1) is 5.69 Å². The number of hydrogen-bond acceptors (Lipinski definition) is 4. The van der Waals surface area contributed by atoms with Crippen LogP contribution in [0.1, 0.15) is 50.0 Å². The average molecular weight is 428 g/mol. The van der Waals surface area contributed by atoms with Crippen molar-refractivity contribution in [1.82, 2.24) is 10.3 Å². The van der Waals surface area contributed by atoms with Gasteiger partial charge in [-0.25, -0.2) is 4.98 Å². The molecule has 4 aromatic rings. The van der Waals surface area contributed by atoms with E-state index in [9.17, 15) is 4.79 Å².